The summed E-state index contributed by atoms with van der Waals surface area (Å²) in [4.78, 5) is 40.6. The Kier molecular flexibility index (Phi) is 4.85. The van der Waals surface area contributed by atoms with Gasteiger partial charge < -0.3 is 19.4 Å². The number of nitrogens with zero attached hydrogens (tertiary/aromatic N) is 1. The molecule has 0 spiro atoms. The molecular formula is C18H20N2O5. The maximum Gasteiger partial charge on any atom is 0.339 e. The second kappa shape index (κ2) is 7.06. The van der Waals surface area contributed by atoms with Crippen LogP contribution < -0.4 is 5.56 Å². The van der Waals surface area contributed by atoms with Crippen molar-refractivity contribution < 1.29 is 19.1 Å². The Labute approximate surface area is 144 Å². The average molecular weight is 344 g/mol. The number of hydrogen-bond acceptors (Lipinski definition) is 5. The number of nitrogens with one attached hydrogen (secondary N) is 1. The summed E-state index contributed by atoms with van der Waals surface area (Å²) in [5, 5.41) is 0.577. The number of H-pyrrole nitrogens is 1. The maximum absolute atomic E-state index is 12.4. The number of aromatic nitrogens is 1. The lowest BCUT2D eigenvalue weighted by Crippen LogP contribution is -2.49. The van der Waals surface area contributed by atoms with E-state index in [1.54, 1.807) is 29.2 Å². The van der Waals surface area contributed by atoms with Crippen LogP contribution in [0.2, 0.25) is 0 Å². The summed E-state index contributed by atoms with van der Waals surface area (Å²) in [7, 11) is 0. The van der Waals surface area contributed by atoms with Gasteiger partial charge in [-0.25, -0.2) is 4.79 Å². The topological polar surface area (TPSA) is 88.7 Å². The van der Waals surface area contributed by atoms with Crippen LogP contribution >= 0.6 is 0 Å². The summed E-state index contributed by atoms with van der Waals surface area (Å²) < 4.78 is 10.7. The van der Waals surface area contributed by atoms with E-state index >= 15 is 0 Å². The Balaban J connectivity index is 1.71. The molecule has 1 aromatic carbocycles. The van der Waals surface area contributed by atoms with Crippen molar-refractivity contribution in [3.63, 3.8) is 0 Å². The standard InChI is InChI=1S/C18H20N2O5/c1-11-8-20(9-12(2)25-11)17(22)10-24-18(23)14-7-16(21)19-15-6-4-3-5-13(14)15/h3-7,11-12H,8-10H2,1-2H3,(H,19,21). The number of fused-ring (bicyclic) bond motifs is 1. The second-order valence-electron chi connectivity index (χ2n) is 6.23. The number of pyridine rings is 1. The van der Waals surface area contributed by atoms with Crippen molar-refractivity contribution >= 4 is 22.8 Å². The van der Waals surface area contributed by atoms with E-state index in [4.69, 9.17) is 9.47 Å². The first-order valence-electron chi connectivity index (χ1n) is 8.16. The number of benzene rings is 1. The van der Waals surface area contributed by atoms with Gasteiger partial charge in [-0.15, -0.1) is 0 Å². The van der Waals surface area contributed by atoms with E-state index in [2.05, 4.69) is 4.98 Å². The van der Waals surface area contributed by atoms with Crippen LogP contribution in [-0.4, -0.2) is 53.7 Å². The molecule has 1 N–H and O–H groups in total. The van der Waals surface area contributed by atoms with Gasteiger partial charge in [0.15, 0.2) is 6.61 Å². The van der Waals surface area contributed by atoms with E-state index < -0.39 is 11.5 Å². The number of carbonyl (C=O) groups is 2. The van der Waals surface area contributed by atoms with Gasteiger partial charge in [0.05, 0.1) is 17.8 Å². The molecule has 1 aromatic heterocycles. The number of rotatable bonds is 3. The van der Waals surface area contributed by atoms with Crippen LogP contribution in [0.15, 0.2) is 35.1 Å². The third-order valence-electron chi connectivity index (χ3n) is 4.07. The first kappa shape index (κ1) is 17.2. The lowest BCUT2D eigenvalue weighted by Gasteiger charge is -2.35. The lowest BCUT2D eigenvalue weighted by molar-refractivity contribution is -0.146. The third kappa shape index (κ3) is 3.88. The molecule has 1 saturated heterocycles. The van der Waals surface area contributed by atoms with Gasteiger partial charge >= 0.3 is 5.97 Å². The minimum Gasteiger partial charge on any atom is -0.452 e. The minimum absolute atomic E-state index is 0.0555. The normalized spacial score (nSPS) is 20.5. The van der Waals surface area contributed by atoms with Crippen LogP contribution in [0.1, 0.15) is 24.2 Å². The molecule has 2 unspecified atom stereocenters. The van der Waals surface area contributed by atoms with E-state index in [9.17, 15) is 14.4 Å². The molecule has 1 aliphatic rings. The first-order valence-corrected chi connectivity index (χ1v) is 8.16. The molecular weight excluding hydrogens is 324 g/mol. The monoisotopic (exact) mass is 344 g/mol. The fourth-order valence-electron chi connectivity index (χ4n) is 3.05. The molecule has 0 saturated carbocycles. The quantitative estimate of drug-likeness (QED) is 0.849. The van der Waals surface area contributed by atoms with Crippen molar-refractivity contribution in [2.24, 2.45) is 0 Å². The van der Waals surface area contributed by atoms with E-state index in [1.807, 2.05) is 13.8 Å². The zero-order valence-corrected chi connectivity index (χ0v) is 14.2. The Morgan fingerprint density at radius 1 is 1.24 bits per heavy atom. The summed E-state index contributed by atoms with van der Waals surface area (Å²) in [6.07, 6.45) is -0.111. The van der Waals surface area contributed by atoms with Crippen molar-refractivity contribution in [3.05, 3.63) is 46.2 Å². The number of para-hydroxylation sites is 1. The highest BCUT2D eigenvalue weighted by atomic mass is 16.5. The summed E-state index contributed by atoms with van der Waals surface area (Å²) in [5.41, 5.74) is 0.299. The number of amides is 1. The van der Waals surface area contributed by atoms with Gasteiger partial charge in [0.1, 0.15) is 0 Å². The highest BCUT2D eigenvalue weighted by molar-refractivity contribution is 6.03. The molecule has 1 aliphatic heterocycles. The lowest BCUT2D eigenvalue weighted by atomic mass is 10.1. The van der Waals surface area contributed by atoms with Gasteiger partial charge in [0.2, 0.25) is 5.56 Å². The van der Waals surface area contributed by atoms with Crippen molar-refractivity contribution in [1.29, 1.82) is 0 Å². The molecule has 0 aliphatic carbocycles. The van der Waals surface area contributed by atoms with E-state index in [0.717, 1.165) is 0 Å². The summed E-state index contributed by atoms with van der Waals surface area (Å²) in [6.45, 7) is 4.36. The third-order valence-corrected chi connectivity index (χ3v) is 4.07. The van der Waals surface area contributed by atoms with E-state index in [0.29, 0.717) is 24.0 Å². The van der Waals surface area contributed by atoms with Crippen molar-refractivity contribution in [1.82, 2.24) is 9.88 Å². The molecule has 132 valence electrons. The Morgan fingerprint density at radius 2 is 1.92 bits per heavy atom. The SMILES string of the molecule is CC1CN(C(=O)COC(=O)c2cc(=O)[nH]c3ccccc23)CC(C)O1. The molecule has 0 bridgehead atoms. The van der Waals surface area contributed by atoms with Crippen LogP contribution in [0.5, 0.6) is 0 Å². The largest absolute Gasteiger partial charge is 0.452 e. The summed E-state index contributed by atoms with van der Waals surface area (Å²) in [5.74, 6) is -0.963. The molecule has 1 fully saturated rings. The van der Waals surface area contributed by atoms with E-state index in [1.165, 1.54) is 6.07 Å². The molecule has 2 aromatic rings. The number of esters is 1. The second-order valence-corrected chi connectivity index (χ2v) is 6.23. The van der Waals surface area contributed by atoms with Crippen LogP contribution in [0, 0.1) is 0 Å². The zero-order valence-electron chi connectivity index (χ0n) is 14.2. The van der Waals surface area contributed by atoms with Gasteiger partial charge in [-0.1, -0.05) is 18.2 Å². The zero-order chi connectivity index (χ0) is 18.0. The van der Waals surface area contributed by atoms with Gasteiger partial charge in [-0.05, 0) is 19.9 Å². The number of ether oxygens (including phenoxy) is 2. The average Bonchev–Trinajstić information content (AvgIpc) is 2.57. The Morgan fingerprint density at radius 3 is 2.64 bits per heavy atom. The molecule has 25 heavy (non-hydrogen) atoms. The minimum atomic E-state index is -0.690. The highest BCUT2D eigenvalue weighted by Crippen LogP contribution is 2.16. The molecule has 3 rings (SSSR count). The number of hydrogen-bond donors (Lipinski definition) is 1. The number of aromatic amines is 1. The predicted molar refractivity (Wildman–Crippen MR) is 91.4 cm³/mol. The van der Waals surface area contributed by atoms with Crippen LogP contribution in [0.25, 0.3) is 10.9 Å². The summed E-state index contributed by atoms with van der Waals surface area (Å²) in [6, 6.07) is 8.13. The molecule has 2 atom stereocenters. The van der Waals surface area contributed by atoms with Gasteiger partial charge in [0, 0.05) is 30.1 Å². The van der Waals surface area contributed by atoms with Crippen molar-refractivity contribution in [2.75, 3.05) is 19.7 Å². The predicted octanol–water partition coefficient (Wildman–Crippen LogP) is 1.32. The smallest absolute Gasteiger partial charge is 0.339 e. The van der Waals surface area contributed by atoms with E-state index in [-0.39, 0.29) is 30.3 Å². The molecule has 0 radical (unpaired) electrons. The molecule has 7 nitrogen and oxygen atoms in total. The van der Waals surface area contributed by atoms with Gasteiger partial charge in [-0.3, -0.25) is 9.59 Å². The summed E-state index contributed by atoms with van der Waals surface area (Å²) >= 11 is 0. The fraction of sp³-hybridized carbons (Fsp3) is 0.389. The van der Waals surface area contributed by atoms with Crippen molar-refractivity contribution in [3.8, 4) is 0 Å². The highest BCUT2D eigenvalue weighted by Gasteiger charge is 2.26. The number of morpholine rings is 1. The maximum atomic E-state index is 12.4. The van der Waals surface area contributed by atoms with Crippen LogP contribution in [0.4, 0.5) is 0 Å². The van der Waals surface area contributed by atoms with Gasteiger partial charge in [0.25, 0.3) is 5.91 Å². The van der Waals surface area contributed by atoms with Crippen molar-refractivity contribution in [2.45, 2.75) is 26.1 Å². The van der Waals surface area contributed by atoms with Crippen LogP contribution in [0.3, 0.4) is 0 Å². The first-order chi connectivity index (χ1) is 11.9. The molecule has 2 heterocycles. The number of carbonyl (C=O) groups excluding carboxylic acids is 2. The Hall–Kier alpha value is -2.67. The molecule has 7 heteroatoms. The van der Waals surface area contributed by atoms with Gasteiger partial charge in [-0.2, -0.15) is 0 Å². The van der Waals surface area contributed by atoms with Crippen LogP contribution in [-0.2, 0) is 14.3 Å². The molecule has 1 amide bonds. The fourth-order valence-corrected chi connectivity index (χ4v) is 3.05. The Bertz CT molecular complexity index is 850.